The summed E-state index contributed by atoms with van der Waals surface area (Å²) in [6.45, 7) is 1.89. The molecule has 1 aromatic carbocycles. The van der Waals surface area contributed by atoms with E-state index in [1.54, 1.807) is 24.3 Å². The number of benzene rings is 1. The molecular weight excluding hydrogens is 292 g/mol. The zero-order chi connectivity index (χ0) is 16.7. The highest BCUT2D eigenvalue weighted by Gasteiger charge is 2.21. The number of nitrogens with one attached hydrogen (secondary N) is 2. The number of rotatable bonds is 6. The van der Waals surface area contributed by atoms with Crippen molar-refractivity contribution in [2.45, 2.75) is 51.5 Å². The van der Waals surface area contributed by atoms with Crippen molar-refractivity contribution >= 4 is 17.5 Å². The van der Waals surface area contributed by atoms with Crippen LogP contribution in [-0.4, -0.2) is 29.6 Å². The molecule has 0 unspecified atom stereocenters. The predicted octanol–water partition coefficient (Wildman–Crippen LogP) is 2.71. The zero-order valence-corrected chi connectivity index (χ0v) is 13.7. The van der Waals surface area contributed by atoms with Gasteiger partial charge in [-0.15, -0.1) is 0 Å². The highest BCUT2D eigenvalue weighted by molar-refractivity contribution is 5.97. The van der Waals surface area contributed by atoms with Gasteiger partial charge in [0.05, 0.1) is 0 Å². The van der Waals surface area contributed by atoms with Gasteiger partial charge < -0.3 is 15.7 Å². The maximum Gasteiger partial charge on any atom is 0.251 e. The number of amides is 2. The van der Waals surface area contributed by atoms with Crippen molar-refractivity contribution in [3.05, 3.63) is 29.8 Å². The predicted molar refractivity (Wildman–Crippen MR) is 90.3 cm³/mol. The average molecular weight is 318 g/mol. The lowest BCUT2D eigenvalue weighted by atomic mass is 9.88. The minimum Gasteiger partial charge on any atom is -0.396 e. The van der Waals surface area contributed by atoms with E-state index in [-0.39, 0.29) is 30.4 Å². The third-order valence-electron chi connectivity index (χ3n) is 4.31. The third-order valence-corrected chi connectivity index (χ3v) is 4.31. The van der Waals surface area contributed by atoms with Crippen molar-refractivity contribution in [1.29, 1.82) is 0 Å². The fourth-order valence-corrected chi connectivity index (χ4v) is 2.92. The van der Waals surface area contributed by atoms with E-state index in [2.05, 4.69) is 10.6 Å². The first kappa shape index (κ1) is 17.5. The first-order chi connectivity index (χ1) is 11.1. The van der Waals surface area contributed by atoms with Crippen LogP contribution in [0.25, 0.3) is 0 Å². The fraction of sp³-hybridized carbons (Fsp3) is 0.556. The third kappa shape index (κ3) is 5.36. The lowest BCUT2D eigenvalue weighted by Crippen LogP contribution is -2.33. The highest BCUT2D eigenvalue weighted by Crippen LogP contribution is 2.25. The monoisotopic (exact) mass is 318 g/mol. The van der Waals surface area contributed by atoms with Crippen molar-refractivity contribution in [3.63, 3.8) is 0 Å². The number of hydrogen-bond acceptors (Lipinski definition) is 3. The zero-order valence-electron chi connectivity index (χ0n) is 13.7. The van der Waals surface area contributed by atoms with Gasteiger partial charge in [0.1, 0.15) is 0 Å². The van der Waals surface area contributed by atoms with Crippen LogP contribution in [0.2, 0.25) is 0 Å². The van der Waals surface area contributed by atoms with Gasteiger partial charge >= 0.3 is 0 Å². The van der Waals surface area contributed by atoms with Gasteiger partial charge in [-0.1, -0.05) is 25.3 Å². The van der Waals surface area contributed by atoms with Crippen molar-refractivity contribution < 1.29 is 14.7 Å². The van der Waals surface area contributed by atoms with E-state index in [4.69, 9.17) is 5.11 Å². The second-order valence-electron chi connectivity index (χ2n) is 6.29. The molecule has 3 N–H and O–H groups in total. The summed E-state index contributed by atoms with van der Waals surface area (Å²) in [5.74, 6) is -0.0542. The lowest BCUT2D eigenvalue weighted by molar-refractivity contribution is -0.120. The van der Waals surface area contributed by atoms with Gasteiger partial charge in [-0.3, -0.25) is 9.59 Å². The average Bonchev–Trinajstić information content (AvgIpc) is 2.56. The Kier molecular flexibility index (Phi) is 6.59. The van der Waals surface area contributed by atoms with Gasteiger partial charge in [0.2, 0.25) is 5.91 Å². The summed E-state index contributed by atoms with van der Waals surface area (Å²) < 4.78 is 0. The van der Waals surface area contributed by atoms with Crippen LogP contribution in [0.1, 0.15) is 55.8 Å². The Morgan fingerprint density at radius 1 is 1.26 bits per heavy atom. The molecular formula is C18H26N2O3. The molecule has 0 spiro atoms. The summed E-state index contributed by atoms with van der Waals surface area (Å²) in [5.41, 5.74) is 1.17. The second kappa shape index (κ2) is 8.67. The molecule has 1 aliphatic rings. The molecule has 23 heavy (non-hydrogen) atoms. The first-order valence-corrected chi connectivity index (χ1v) is 8.43. The van der Waals surface area contributed by atoms with Crippen molar-refractivity contribution in [1.82, 2.24) is 5.32 Å². The quantitative estimate of drug-likeness (QED) is 0.754. The number of anilines is 1. The molecule has 126 valence electrons. The molecule has 0 heterocycles. The Hall–Kier alpha value is -1.88. The smallest absolute Gasteiger partial charge is 0.251 e. The molecule has 5 nitrogen and oxygen atoms in total. The summed E-state index contributed by atoms with van der Waals surface area (Å²) in [5, 5.41) is 14.6. The van der Waals surface area contributed by atoms with E-state index in [9.17, 15) is 9.59 Å². The van der Waals surface area contributed by atoms with Gasteiger partial charge in [0, 0.05) is 29.8 Å². The molecule has 1 atom stereocenters. The summed E-state index contributed by atoms with van der Waals surface area (Å²) in [6, 6.07) is 6.89. The maximum atomic E-state index is 12.3. The fourth-order valence-electron chi connectivity index (χ4n) is 2.92. The SMILES string of the molecule is C[C@H](CCO)NC(=O)c1cccc(NC(=O)C2CCCCC2)c1. The van der Waals surface area contributed by atoms with Crippen LogP contribution in [0.3, 0.4) is 0 Å². The lowest BCUT2D eigenvalue weighted by Gasteiger charge is -2.21. The molecule has 0 radical (unpaired) electrons. The Labute approximate surface area is 137 Å². The molecule has 2 amide bonds. The van der Waals surface area contributed by atoms with Crippen LogP contribution in [-0.2, 0) is 4.79 Å². The van der Waals surface area contributed by atoms with Crippen molar-refractivity contribution in [3.8, 4) is 0 Å². The summed E-state index contributed by atoms with van der Waals surface area (Å²) >= 11 is 0. The highest BCUT2D eigenvalue weighted by atomic mass is 16.3. The van der Waals surface area contributed by atoms with E-state index in [0.29, 0.717) is 17.7 Å². The molecule has 1 aromatic rings. The van der Waals surface area contributed by atoms with Gasteiger partial charge in [-0.05, 0) is 44.4 Å². The first-order valence-electron chi connectivity index (χ1n) is 8.43. The van der Waals surface area contributed by atoms with E-state index < -0.39 is 0 Å². The van der Waals surface area contributed by atoms with E-state index in [1.165, 1.54) is 6.42 Å². The standard InChI is InChI=1S/C18H26N2O3/c1-13(10-11-21)19-18(23)15-8-5-9-16(12-15)20-17(22)14-6-3-2-4-7-14/h5,8-9,12-14,21H,2-4,6-7,10-11H2,1H3,(H,19,23)(H,20,22)/t13-/m1/s1. The topological polar surface area (TPSA) is 78.4 Å². The van der Waals surface area contributed by atoms with Gasteiger partial charge in [-0.25, -0.2) is 0 Å². The summed E-state index contributed by atoms with van der Waals surface area (Å²) in [4.78, 5) is 24.4. The molecule has 1 saturated carbocycles. The van der Waals surface area contributed by atoms with Crippen LogP contribution < -0.4 is 10.6 Å². The molecule has 2 rings (SSSR count). The number of carbonyl (C=O) groups excluding carboxylic acids is 2. The molecule has 0 bridgehead atoms. The number of hydrogen-bond donors (Lipinski definition) is 3. The summed E-state index contributed by atoms with van der Waals surface area (Å²) in [6.07, 6.45) is 5.86. The normalized spacial score (nSPS) is 16.6. The second-order valence-corrected chi connectivity index (χ2v) is 6.29. The molecule has 5 heteroatoms. The Bertz CT molecular complexity index is 539. The van der Waals surface area contributed by atoms with Crippen LogP contribution >= 0.6 is 0 Å². The van der Waals surface area contributed by atoms with Crippen LogP contribution in [0, 0.1) is 5.92 Å². The van der Waals surface area contributed by atoms with Crippen LogP contribution in [0.4, 0.5) is 5.69 Å². The van der Waals surface area contributed by atoms with E-state index in [1.807, 2.05) is 6.92 Å². The minimum absolute atomic E-state index is 0.0406. The van der Waals surface area contributed by atoms with E-state index in [0.717, 1.165) is 25.7 Å². The van der Waals surface area contributed by atoms with E-state index >= 15 is 0 Å². The number of carbonyl (C=O) groups is 2. The number of aliphatic hydroxyl groups is 1. The molecule has 1 fully saturated rings. The van der Waals surface area contributed by atoms with Crippen molar-refractivity contribution in [2.24, 2.45) is 5.92 Å². The minimum atomic E-state index is -0.195. The Balaban J connectivity index is 1.96. The number of aliphatic hydroxyl groups excluding tert-OH is 1. The van der Waals surface area contributed by atoms with Gasteiger partial charge in [-0.2, -0.15) is 0 Å². The van der Waals surface area contributed by atoms with Crippen LogP contribution in [0.15, 0.2) is 24.3 Å². The maximum absolute atomic E-state index is 12.3. The molecule has 1 aliphatic carbocycles. The largest absolute Gasteiger partial charge is 0.396 e. The summed E-state index contributed by atoms with van der Waals surface area (Å²) in [7, 11) is 0. The Morgan fingerprint density at radius 3 is 2.70 bits per heavy atom. The molecule has 0 aromatic heterocycles. The van der Waals surface area contributed by atoms with Crippen LogP contribution in [0.5, 0.6) is 0 Å². The molecule has 0 aliphatic heterocycles. The van der Waals surface area contributed by atoms with Gasteiger partial charge in [0.25, 0.3) is 5.91 Å². The van der Waals surface area contributed by atoms with Gasteiger partial charge in [0.15, 0.2) is 0 Å². The van der Waals surface area contributed by atoms with Crippen molar-refractivity contribution in [2.75, 3.05) is 11.9 Å². The molecule has 0 saturated heterocycles. The Morgan fingerprint density at radius 2 is 2.00 bits per heavy atom.